The van der Waals surface area contributed by atoms with Crippen molar-refractivity contribution >= 4 is 35.4 Å². The van der Waals surface area contributed by atoms with Crippen LogP contribution in [-0.2, 0) is 12.4 Å². The number of rotatable bonds is 2. The maximum Gasteiger partial charge on any atom is 0.432 e. The molecule has 0 radical (unpaired) electrons. The molecule has 3 aromatic rings. The molecule has 3 rings (SSSR count). The summed E-state index contributed by atoms with van der Waals surface area (Å²) in [4.78, 5) is 5.81. The molecule has 2 N–H and O–H groups in total. The lowest BCUT2D eigenvalue weighted by Crippen LogP contribution is -2.08. The fraction of sp³-hybridized carbons (Fsp3) is 0.200. The Morgan fingerprint density at radius 2 is 1.61 bits per heavy atom. The minimum absolute atomic E-state index is 0.00685. The standard InChI is InChI=1S/C15H8Cl2F6N4S/c1-5-10(12-24-4-9(25-12)15(21,22)23)13(28)26-27(5)11-7(16)2-6(3-8(11)17)14(18,19)20/h2-4H,1H3,(H,24,25)(H,26,28). The van der Waals surface area contributed by atoms with Crippen LogP contribution in [0.2, 0.25) is 10.0 Å². The SMILES string of the molecule is Cc1c(-c2ncc(C(F)(F)F)[nH]2)c(=S)[nH]n1-c1c(Cl)cc(C(F)(F)F)cc1Cl. The predicted molar refractivity (Wildman–Crippen MR) is 93.3 cm³/mol. The lowest BCUT2D eigenvalue weighted by molar-refractivity contribution is -0.141. The average Bonchev–Trinajstić information content (AvgIpc) is 3.11. The van der Waals surface area contributed by atoms with E-state index >= 15 is 0 Å². The van der Waals surface area contributed by atoms with E-state index in [9.17, 15) is 26.3 Å². The molecular weight excluding hydrogens is 453 g/mol. The zero-order valence-corrected chi connectivity index (χ0v) is 15.9. The topological polar surface area (TPSA) is 49.4 Å². The van der Waals surface area contributed by atoms with Crippen LogP contribution in [0.25, 0.3) is 17.1 Å². The van der Waals surface area contributed by atoms with E-state index in [1.165, 1.54) is 11.6 Å². The number of aromatic nitrogens is 4. The summed E-state index contributed by atoms with van der Waals surface area (Å²) in [6.07, 6.45) is -8.68. The predicted octanol–water partition coefficient (Wildman–Crippen LogP) is 6.58. The van der Waals surface area contributed by atoms with Crippen molar-refractivity contribution in [3.63, 3.8) is 0 Å². The van der Waals surface area contributed by atoms with Crippen molar-refractivity contribution in [2.75, 3.05) is 0 Å². The van der Waals surface area contributed by atoms with Crippen molar-refractivity contribution in [3.05, 3.63) is 50.0 Å². The molecule has 0 bridgehead atoms. The summed E-state index contributed by atoms with van der Waals surface area (Å²) in [5, 5.41) is 2.00. The summed E-state index contributed by atoms with van der Waals surface area (Å²) in [7, 11) is 0. The number of H-pyrrole nitrogens is 2. The molecular formula is C15H8Cl2F6N4S. The molecule has 0 aliphatic carbocycles. The Hall–Kier alpha value is -1.98. The van der Waals surface area contributed by atoms with Crippen LogP contribution in [0.4, 0.5) is 26.3 Å². The zero-order chi connectivity index (χ0) is 21.0. The first-order valence-corrected chi connectivity index (χ1v) is 8.48. The second-order valence-electron chi connectivity index (χ2n) is 5.67. The Morgan fingerprint density at radius 3 is 2.07 bits per heavy atom. The third-order valence-electron chi connectivity index (χ3n) is 3.82. The number of hydrogen-bond acceptors (Lipinski definition) is 2. The quantitative estimate of drug-likeness (QED) is 0.335. The maximum absolute atomic E-state index is 12.9. The number of aromatic amines is 2. The lowest BCUT2D eigenvalue weighted by Gasteiger charge is -2.14. The van der Waals surface area contributed by atoms with Crippen LogP contribution < -0.4 is 0 Å². The van der Waals surface area contributed by atoms with Crippen LogP contribution >= 0.6 is 35.4 Å². The van der Waals surface area contributed by atoms with Crippen LogP contribution in [0.15, 0.2) is 18.3 Å². The maximum atomic E-state index is 12.9. The smallest absolute Gasteiger partial charge is 0.334 e. The number of nitrogens with one attached hydrogen (secondary N) is 2. The summed E-state index contributed by atoms with van der Waals surface area (Å²) >= 11 is 17.1. The molecule has 13 heteroatoms. The van der Waals surface area contributed by atoms with Crippen molar-refractivity contribution in [2.24, 2.45) is 0 Å². The molecule has 28 heavy (non-hydrogen) atoms. The van der Waals surface area contributed by atoms with E-state index in [0.29, 0.717) is 18.3 Å². The van der Waals surface area contributed by atoms with Gasteiger partial charge in [0.05, 0.1) is 38.8 Å². The molecule has 0 aliphatic heterocycles. The Morgan fingerprint density at radius 1 is 1.04 bits per heavy atom. The van der Waals surface area contributed by atoms with Crippen molar-refractivity contribution < 1.29 is 26.3 Å². The van der Waals surface area contributed by atoms with Crippen LogP contribution in [-0.4, -0.2) is 19.7 Å². The molecule has 0 amide bonds. The van der Waals surface area contributed by atoms with Gasteiger partial charge < -0.3 is 4.98 Å². The van der Waals surface area contributed by atoms with Gasteiger partial charge in [0, 0.05) is 0 Å². The number of imidazole rings is 1. The Labute approximate surface area is 168 Å². The van der Waals surface area contributed by atoms with E-state index in [2.05, 4.69) is 15.1 Å². The van der Waals surface area contributed by atoms with Gasteiger partial charge in [-0.05, 0) is 19.1 Å². The Bertz CT molecular complexity index is 1090. The summed E-state index contributed by atoms with van der Waals surface area (Å²) < 4.78 is 78.2. The minimum Gasteiger partial charge on any atom is -0.334 e. The van der Waals surface area contributed by atoms with Crippen molar-refractivity contribution in [3.8, 4) is 17.1 Å². The summed E-state index contributed by atoms with van der Waals surface area (Å²) in [5.41, 5.74) is -1.78. The molecule has 2 aromatic heterocycles. The molecule has 150 valence electrons. The van der Waals surface area contributed by atoms with Crippen molar-refractivity contribution in [1.82, 2.24) is 19.7 Å². The highest BCUT2D eigenvalue weighted by atomic mass is 35.5. The normalized spacial score (nSPS) is 12.6. The zero-order valence-electron chi connectivity index (χ0n) is 13.6. The van der Waals surface area contributed by atoms with Crippen molar-refractivity contribution in [1.29, 1.82) is 0 Å². The highest BCUT2D eigenvalue weighted by molar-refractivity contribution is 7.71. The van der Waals surface area contributed by atoms with E-state index in [1.54, 1.807) is 0 Å². The van der Waals surface area contributed by atoms with Gasteiger partial charge in [0.15, 0.2) is 0 Å². The Kier molecular flexibility index (Phi) is 5.05. The molecule has 0 spiro atoms. The molecule has 0 saturated heterocycles. The van der Waals surface area contributed by atoms with Gasteiger partial charge in [-0.25, -0.2) is 4.98 Å². The molecule has 1 aromatic carbocycles. The molecule has 0 fully saturated rings. The van der Waals surface area contributed by atoms with Crippen LogP contribution in [0.3, 0.4) is 0 Å². The molecule has 0 unspecified atom stereocenters. The second kappa shape index (κ2) is 6.82. The van der Waals surface area contributed by atoms with Crippen LogP contribution in [0.5, 0.6) is 0 Å². The minimum atomic E-state index is -4.66. The summed E-state index contributed by atoms with van der Waals surface area (Å²) in [6.45, 7) is 1.47. The largest absolute Gasteiger partial charge is 0.432 e. The molecule has 0 saturated carbocycles. The number of halogens is 8. The Balaban J connectivity index is 2.16. The number of benzene rings is 1. The van der Waals surface area contributed by atoms with E-state index in [1.807, 2.05) is 0 Å². The lowest BCUT2D eigenvalue weighted by atomic mass is 10.2. The van der Waals surface area contributed by atoms with E-state index in [0.717, 1.165) is 0 Å². The van der Waals surface area contributed by atoms with Gasteiger partial charge in [-0.15, -0.1) is 0 Å². The van der Waals surface area contributed by atoms with Gasteiger partial charge in [0.1, 0.15) is 16.2 Å². The second-order valence-corrected chi connectivity index (χ2v) is 6.89. The van der Waals surface area contributed by atoms with Gasteiger partial charge in [-0.3, -0.25) is 9.78 Å². The first-order valence-electron chi connectivity index (χ1n) is 7.31. The van der Waals surface area contributed by atoms with E-state index in [-0.39, 0.29) is 37.5 Å². The monoisotopic (exact) mass is 460 g/mol. The first-order chi connectivity index (χ1) is 12.8. The number of alkyl halides is 6. The van der Waals surface area contributed by atoms with Crippen LogP contribution in [0.1, 0.15) is 17.0 Å². The average molecular weight is 461 g/mol. The molecule has 0 aliphatic rings. The fourth-order valence-electron chi connectivity index (χ4n) is 2.56. The third kappa shape index (κ3) is 3.65. The highest BCUT2D eigenvalue weighted by Crippen LogP contribution is 2.39. The molecule has 4 nitrogen and oxygen atoms in total. The summed E-state index contributed by atoms with van der Waals surface area (Å²) in [5.74, 6) is -0.163. The number of hydrogen-bond donors (Lipinski definition) is 2. The van der Waals surface area contributed by atoms with E-state index < -0.39 is 23.6 Å². The van der Waals surface area contributed by atoms with E-state index in [4.69, 9.17) is 35.4 Å². The van der Waals surface area contributed by atoms with Crippen molar-refractivity contribution in [2.45, 2.75) is 19.3 Å². The van der Waals surface area contributed by atoms with Gasteiger partial charge in [0.2, 0.25) is 0 Å². The molecule has 0 atom stereocenters. The van der Waals surface area contributed by atoms with Gasteiger partial charge >= 0.3 is 12.4 Å². The summed E-state index contributed by atoms with van der Waals surface area (Å²) in [6, 6.07) is 1.38. The van der Waals surface area contributed by atoms with Crippen LogP contribution in [0, 0.1) is 11.6 Å². The highest BCUT2D eigenvalue weighted by Gasteiger charge is 2.34. The third-order valence-corrected chi connectivity index (χ3v) is 4.70. The first kappa shape index (κ1) is 20.7. The van der Waals surface area contributed by atoms with Gasteiger partial charge in [-0.2, -0.15) is 26.3 Å². The molecule has 2 heterocycles. The fourth-order valence-corrected chi connectivity index (χ4v) is 3.55. The van der Waals surface area contributed by atoms with Gasteiger partial charge in [0.25, 0.3) is 0 Å². The number of nitrogens with zero attached hydrogens (tertiary/aromatic N) is 2. The van der Waals surface area contributed by atoms with Gasteiger partial charge in [-0.1, -0.05) is 35.4 Å².